The van der Waals surface area contributed by atoms with Gasteiger partial charge in [0.1, 0.15) is 5.75 Å². The minimum absolute atomic E-state index is 0.0307. The summed E-state index contributed by atoms with van der Waals surface area (Å²) in [6.45, 7) is 0. The third kappa shape index (κ3) is 5.32. The average molecular weight is 396 g/mol. The van der Waals surface area contributed by atoms with Gasteiger partial charge in [-0.3, -0.25) is 4.57 Å². The highest BCUT2D eigenvalue weighted by Gasteiger charge is 2.21. The van der Waals surface area contributed by atoms with Crippen LogP contribution < -0.4 is 4.74 Å². The second-order valence-electron chi connectivity index (χ2n) is 6.75. The second-order valence-corrected chi connectivity index (χ2v) is 8.71. The molecule has 3 rings (SSSR count). The van der Waals surface area contributed by atoms with Crippen molar-refractivity contribution in [1.82, 2.24) is 0 Å². The van der Waals surface area contributed by atoms with E-state index in [0.717, 1.165) is 33.6 Å². The Hall–Kier alpha value is -2.39. The monoisotopic (exact) mass is 396 g/mol. The Balaban J connectivity index is 2.04. The zero-order valence-electron chi connectivity index (χ0n) is 16.2. The molecule has 4 nitrogen and oxygen atoms in total. The summed E-state index contributed by atoms with van der Waals surface area (Å²) in [6.07, 6.45) is 1.34. The number of hydrogen-bond donors (Lipinski definition) is 1. The molecule has 0 aliphatic heterocycles. The van der Waals surface area contributed by atoms with Gasteiger partial charge in [-0.15, -0.1) is 0 Å². The zero-order valence-corrected chi connectivity index (χ0v) is 17.1. The van der Waals surface area contributed by atoms with E-state index < -0.39 is 7.60 Å². The van der Waals surface area contributed by atoms with Crippen LogP contribution in [0.2, 0.25) is 0 Å². The van der Waals surface area contributed by atoms with Crippen LogP contribution in [0.3, 0.4) is 0 Å². The third-order valence-electron chi connectivity index (χ3n) is 4.65. The van der Waals surface area contributed by atoms with Crippen LogP contribution in [-0.2, 0) is 28.1 Å². The summed E-state index contributed by atoms with van der Waals surface area (Å²) < 4.78 is 22.7. The molecule has 3 aromatic rings. The largest absolute Gasteiger partial charge is 0.496 e. The van der Waals surface area contributed by atoms with Crippen LogP contribution in [0.25, 0.3) is 0 Å². The van der Waals surface area contributed by atoms with Crippen LogP contribution in [0.4, 0.5) is 0 Å². The molecule has 0 aliphatic rings. The van der Waals surface area contributed by atoms with E-state index in [9.17, 15) is 9.46 Å². The molecule has 1 N–H and O–H groups in total. The Labute approximate surface area is 166 Å². The smallest absolute Gasteiger partial charge is 0.332 e. The highest BCUT2D eigenvalue weighted by molar-refractivity contribution is 7.51. The molecule has 0 fully saturated rings. The Kier molecular flexibility index (Phi) is 6.69. The molecular formula is C23H25O4P. The van der Waals surface area contributed by atoms with Gasteiger partial charge >= 0.3 is 7.60 Å². The van der Waals surface area contributed by atoms with Crippen LogP contribution >= 0.6 is 7.60 Å². The van der Waals surface area contributed by atoms with Crippen molar-refractivity contribution in [2.24, 2.45) is 0 Å². The summed E-state index contributed by atoms with van der Waals surface area (Å²) in [6, 6.07) is 24.1. The Morgan fingerprint density at radius 1 is 0.786 bits per heavy atom. The maximum absolute atomic E-state index is 12.1. The van der Waals surface area contributed by atoms with Crippen molar-refractivity contribution >= 4 is 7.60 Å². The van der Waals surface area contributed by atoms with Crippen LogP contribution in [0.15, 0.2) is 72.8 Å². The number of rotatable bonds is 8. The number of ether oxygens (including phenoxy) is 1. The standard InChI is InChI=1S/C23H25O4P/c1-26-23-21(13-18-9-5-3-6-10-18)15-20(17-28(24,25)27-2)16-22(23)14-19-11-7-4-8-12-19/h3-12,15-16H,13-14,17H2,1-2H3,(H,24,25). The predicted molar refractivity (Wildman–Crippen MR) is 112 cm³/mol. The minimum Gasteiger partial charge on any atom is -0.496 e. The van der Waals surface area contributed by atoms with Gasteiger partial charge in [0.25, 0.3) is 0 Å². The lowest BCUT2D eigenvalue weighted by atomic mass is 9.95. The van der Waals surface area contributed by atoms with Crippen molar-refractivity contribution in [3.8, 4) is 5.75 Å². The summed E-state index contributed by atoms with van der Waals surface area (Å²) in [7, 11) is -0.730. The molecule has 0 bridgehead atoms. The SMILES string of the molecule is COc1c(Cc2ccccc2)cc(CP(=O)(O)OC)cc1Cc1ccccc1. The van der Waals surface area contributed by atoms with E-state index in [4.69, 9.17) is 9.26 Å². The van der Waals surface area contributed by atoms with Gasteiger partial charge in [-0.05, 0) is 27.8 Å². The molecular weight excluding hydrogens is 371 g/mol. The fourth-order valence-corrected chi connectivity index (χ4v) is 4.14. The topological polar surface area (TPSA) is 55.8 Å². The minimum atomic E-state index is -3.66. The molecule has 0 saturated heterocycles. The van der Waals surface area contributed by atoms with E-state index in [1.54, 1.807) is 7.11 Å². The maximum atomic E-state index is 12.1. The molecule has 1 unspecified atom stereocenters. The highest BCUT2D eigenvalue weighted by atomic mass is 31.2. The zero-order chi connectivity index (χ0) is 20.0. The number of benzene rings is 3. The van der Waals surface area contributed by atoms with E-state index in [1.165, 1.54) is 7.11 Å². The first-order valence-electron chi connectivity index (χ1n) is 9.15. The van der Waals surface area contributed by atoms with Gasteiger partial charge in [-0.1, -0.05) is 72.8 Å². The van der Waals surface area contributed by atoms with Gasteiger partial charge in [-0.2, -0.15) is 0 Å². The fourth-order valence-electron chi connectivity index (χ4n) is 3.37. The van der Waals surface area contributed by atoms with Crippen molar-refractivity contribution < 1.29 is 18.7 Å². The lowest BCUT2D eigenvalue weighted by Crippen LogP contribution is -2.03. The predicted octanol–water partition coefficient (Wildman–Crippen LogP) is 5.21. The van der Waals surface area contributed by atoms with Crippen LogP contribution in [0, 0.1) is 0 Å². The van der Waals surface area contributed by atoms with Crippen molar-refractivity contribution in [3.63, 3.8) is 0 Å². The van der Waals surface area contributed by atoms with E-state index >= 15 is 0 Å². The molecule has 0 heterocycles. The van der Waals surface area contributed by atoms with E-state index in [-0.39, 0.29) is 6.16 Å². The van der Waals surface area contributed by atoms with Crippen LogP contribution in [0.1, 0.15) is 27.8 Å². The Bertz CT molecular complexity index is 892. The summed E-state index contributed by atoms with van der Waals surface area (Å²) >= 11 is 0. The molecule has 0 aliphatic carbocycles. The van der Waals surface area contributed by atoms with Crippen LogP contribution in [0.5, 0.6) is 5.75 Å². The molecule has 0 spiro atoms. The van der Waals surface area contributed by atoms with Crippen molar-refractivity contribution in [3.05, 3.63) is 101 Å². The molecule has 1 atom stereocenters. The first kappa shape index (κ1) is 20.3. The van der Waals surface area contributed by atoms with Gasteiger partial charge < -0.3 is 14.2 Å². The molecule has 0 aromatic heterocycles. The van der Waals surface area contributed by atoms with Gasteiger partial charge in [0, 0.05) is 20.0 Å². The summed E-state index contributed by atoms with van der Waals surface area (Å²) in [5, 5.41) is 0. The first-order chi connectivity index (χ1) is 13.5. The van der Waals surface area contributed by atoms with Crippen LogP contribution in [-0.4, -0.2) is 19.1 Å². The molecule has 0 radical (unpaired) electrons. The molecule has 28 heavy (non-hydrogen) atoms. The van der Waals surface area contributed by atoms with Gasteiger partial charge in [0.2, 0.25) is 0 Å². The third-order valence-corrected chi connectivity index (χ3v) is 5.98. The van der Waals surface area contributed by atoms with Gasteiger partial charge in [-0.25, -0.2) is 0 Å². The second kappa shape index (κ2) is 9.20. The number of hydrogen-bond acceptors (Lipinski definition) is 3. The van der Waals surface area contributed by atoms with E-state index in [0.29, 0.717) is 12.8 Å². The lowest BCUT2D eigenvalue weighted by molar-refractivity contribution is 0.314. The summed E-state index contributed by atoms with van der Waals surface area (Å²) in [5.74, 6) is 0.821. The quantitative estimate of drug-likeness (QED) is 0.531. The van der Waals surface area contributed by atoms with E-state index in [1.807, 2.05) is 48.5 Å². The Morgan fingerprint density at radius 2 is 1.25 bits per heavy atom. The van der Waals surface area contributed by atoms with Crippen molar-refractivity contribution in [1.29, 1.82) is 0 Å². The molecule has 5 heteroatoms. The molecule has 0 saturated carbocycles. The first-order valence-corrected chi connectivity index (χ1v) is 10.9. The molecule has 0 amide bonds. The fraction of sp³-hybridized carbons (Fsp3) is 0.217. The van der Waals surface area contributed by atoms with Crippen molar-refractivity contribution in [2.75, 3.05) is 14.2 Å². The Morgan fingerprint density at radius 3 is 1.64 bits per heavy atom. The van der Waals surface area contributed by atoms with Crippen molar-refractivity contribution in [2.45, 2.75) is 19.0 Å². The highest BCUT2D eigenvalue weighted by Crippen LogP contribution is 2.45. The number of methoxy groups -OCH3 is 1. The summed E-state index contributed by atoms with van der Waals surface area (Å²) in [4.78, 5) is 9.97. The lowest BCUT2D eigenvalue weighted by Gasteiger charge is -2.18. The maximum Gasteiger partial charge on any atom is 0.332 e. The normalized spacial score (nSPS) is 13.1. The van der Waals surface area contributed by atoms with E-state index in [2.05, 4.69) is 24.3 Å². The summed E-state index contributed by atoms with van der Waals surface area (Å²) in [5.41, 5.74) is 5.07. The van der Waals surface area contributed by atoms with Gasteiger partial charge in [0.05, 0.1) is 13.3 Å². The van der Waals surface area contributed by atoms with Gasteiger partial charge in [0.15, 0.2) is 0 Å². The average Bonchev–Trinajstić information content (AvgIpc) is 2.69. The molecule has 146 valence electrons. The molecule has 3 aromatic carbocycles.